The smallest absolute Gasteiger partial charge is 0.146 e. The van der Waals surface area contributed by atoms with Crippen molar-refractivity contribution in [3.8, 4) is 6.07 Å². The van der Waals surface area contributed by atoms with Crippen LogP contribution in [0.3, 0.4) is 0 Å². The summed E-state index contributed by atoms with van der Waals surface area (Å²) in [5.41, 5.74) is 2.68. The van der Waals surface area contributed by atoms with Crippen LogP contribution in [0.1, 0.15) is 22.9 Å². The summed E-state index contributed by atoms with van der Waals surface area (Å²) in [6, 6.07) is 19.5. The molecule has 0 amide bonds. The average molecular weight is 264 g/mol. The second-order valence-corrected chi connectivity index (χ2v) is 4.33. The van der Waals surface area contributed by atoms with Crippen molar-refractivity contribution in [1.29, 1.82) is 5.26 Å². The molecule has 100 valence electrons. The molecule has 1 atom stereocenters. The van der Waals surface area contributed by atoms with Crippen LogP contribution in [-0.4, -0.2) is 7.05 Å². The highest BCUT2D eigenvalue weighted by Gasteiger charge is 2.07. The van der Waals surface area contributed by atoms with Crippen LogP contribution in [-0.2, 0) is 6.54 Å². The van der Waals surface area contributed by atoms with E-state index in [2.05, 4.69) is 21.6 Å². The lowest BCUT2D eigenvalue weighted by Gasteiger charge is -2.10. The molecule has 0 spiro atoms. The Hall–Kier alpha value is -2.51. The van der Waals surface area contributed by atoms with Gasteiger partial charge in [-0.1, -0.05) is 42.5 Å². The number of hydrogen-bond acceptors (Lipinski definition) is 4. The van der Waals surface area contributed by atoms with Gasteiger partial charge in [0.05, 0.1) is 18.2 Å². The number of azo groups is 1. The van der Waals surface area contributed by atoms with E-state index in [9.17, 15) is 0 Å². The lowest BCUT2D eigenvalue weighted by atomic mass is 10.1. The van der Waals surface area contributed by atoms with Crippen LogP contribution in [0.5, 0.6) is 0 Å². The Morgan fingerprint density at radius 1 is 1.15 bits per heavy atom. The fraction of sp³-hybridized carbons (Fsp3) is 0.188. The zero-order chi connectivity index (χ0) is 14.2. The van der Waals surface area contributed by atoms with Gasteiger partial charge in [0.2, 0.25) is 0 Å². The van der Waals surface area contributed by atoms with Gasteiger partial charge in [0, 0.05) is 0 Å². The Labute approximate surface area is 118 Å². The van der Waals surface area contributed by atoms with Gasteiger partial charge in [0.15, 0.2) is 0 Å². The number of hydrogen-bond donors (Lipinski definition) is 1. The highest BCUT2D eigenvalue weighted by Crippen LogP contribution is 2.16. The summed E-state index contributed by atoms with van der Waals surface area (Å²) >= 11 is 0. The van der Waals surface area contributed by atoms with Gasteiger partial charge in [-0.3, -0.25) is 5.32 Å². The van der Waals surface area contributed by atoms with Gasteiger partial charge in [-0.25, -0.2) is 0 Å². The van der Waals surface area contributed by atoms with Crippen molar-refractivity contribution in [1.82, 2.24) is 5.32 Å². The summed E-state index contributed by atoms with van der Waals surface area (Å²) in [6.45, 7) is 0.553. The molecular formula is C16H16N4. The van der Waals surface area contributed by atoms with Crippen LogP contribution >= 0.6 is 0 Å². The molecule has 0 aliphatic carbocycles. The maximum atomic E-state index is 8.92. The molecule has 4 heteroatoms. The molecule has 0 fully saturated rings. The van der Waals surface area contributed by atoms with Gasteiger partial charge in [-0.05, 0) is 30.3 Å². The Morgan fingerprint density at radius 3 is 2.65 bits per heavy atom. The van der Waals surface area contributed by atoms with Gasteiger partial charge in [-0.15, -0.1) is 0 Å². The van der Waals surface area contributed by atoms with Crippen LogP contribution < -0.4 is 5.32 Å². The molecule has 2 rings (SSSR count). The first-order valence-electron chi connectivity index (χ1n) is 6.41. The normalized spacial score (nSPS) is 12.2. The van der Waals surface area contributed by atoms with Gasteiger partial charge >= 0.3 is 0 Å². The van der Waals surface area contributed by atoms with Gasteiger partial charge in [-0.2, -0.15) is 15.5 Å². The summed E-state index contributed by atoms with van der Waals surface area (Å²) in [5, 5.41) is 20.5. The van der Waals surface area contributed by atoms with Crippen LogP contribution in [0.4, 0.5) is 0 Å². The standard InChI is InChI=1S/C16H16N4/c1-18-16(15-9-5-8-14(10-15)11-17)20-19-12-13-6-3-2-4-7-13/h2-10,16,18H,12H2,1H3/b20-19-. The quantitative estimate of drug-likeness (QED) is 0.841. The molecule has 4 nitrogen and oxygen atoms in total. The first-order chi connectivity index (χ1) is 9.83. The molecule has 0 aliphatic rings. The van der Waals surface area contributed by atoms with Gasteiger partial charge in [0.25, 0.3) is 0 Å². The molecule has 0 bridgehead atoms. The maximum absolute atomic E-state index is 8.92. The first kappa shape index (κ1) is 13.9. The van der Waals surface area contributed by atoms with Crippen molar-refractivity contribution in [3.63, 3.8) is 0 Å². The zero-order valence-corrected chi connectivity index (χ0v) is 11.3. The second kappa shape index (κ2) is 7.17. The molecule has 2 aromatic carbocycles. The molecule has 1 N–H and O–H groups in total. The molecule has 0 aliphatic heterocycles. The average Bonchev–Trinajstić information content (AvgIpc) is 2.52. The van der Waals surface area contributed by atoms with Crippen molar-refractivity contribution in [2.24, 2.45) is 10.2 Å². The van der Waals surface area contributed by atoms with Gasteiger partial charge in [0.1, 0.15) is 6.17 Å². The third kappa shape index (κ3) is 3.74. The van der Waals surface area contributed by atoms with Crippen LogP contribution in [0.25, 0.3) is 0 Å². The van der Waals surface area contributed by atoms with E-state index in [1.165, 1.54) is 0 Å². The minimum atomic E-state index is -0.230. The predicted molar refractivity (Wildman–Crippen MR) is 78.0 cm³/mol. The molecular weight excluding hydrogens is 248 g/mol. The van der Waals surface area contributed by atoms with Gasteiger partial charge < -0.3 is 0 Å². The van der Waals surface area contributed by atoms with Crippen LogP contribution in [0.15, 0.2) is 64.8 Å². The first-order valence-corrected chi connectivity index (χ1v) is 6.41. The van der Waals surface area contributed by atoms with E-state index in [1.807, 2.05) is 55.6 Å². The number of nitriles is 1. The maximum Gasteiger partial charge on any atom is 0.146 e. The van der Waals surface area contributed by atoms with E-state index in [-0.39, 0.29) is 6.17 Å². The number of nitrogens with zero attached hydrogens (tertiary/aromatic N) is 3. The Balaban J connectivity index is 2.07. The van der Waals surface area contributed by atoms with Crippen LogP contribution in [0.2, 0.25) is 0 Å². The topological polar surface area (TPSA) is 60.5 Å². The molecule has 0 saturated carbocycles. The van der Waals surface area contributed by atoms with E-state index in [1.54, 1.807) is 6.07 Å². The lowest BCUT2D eigenvalue weighted by Crippen LogP contribution is -2.13. The molecule has 0 radical (unpaired) electrons. The largest absolute Gasteiger partial charge is 0.294 e. The number of nitrogens with one attached hydrogen (secondary N) is 1. The highest BCUT2D eigenvalue weighted by molar-refractivity contribution is 5.34. The minimum absolute atomic E-state index is 0.230. The zero-order valence-electron chi connectivity index (χ0n) is 11.3. The summed E-state index contributed by atoms with van der Waals surface area (Å²) in [6.07, 6.45) is -0.230. The van der Waals surface area contributed by atoms with Crippen molar-refractivity contribution < 1.29 is 0 Å². The summed E-state index contributed by atoms with van der Waals surface area (Å²) < 4.78 is 0. The Bertz CT molecular complexity index is 614. The monoisotopic (exact) mass is 264 g/mol. The summed E-state index contributed by atoms with van der Waals surface area (Å²) in [7, 11) is 1.82. The predicted octanol–water partition coefficient (Wildman–Crippen LogP) is 3.43. The van der Waals surface area contributed by atoms with Crippen molar-refractivity contribution in [2.75, 3.05) is 7.05 Å². The van der Waals surface area contributed by atoms with Crippen molar-refractivity contribution >= 4 is 0 Å². The van der Waals surface area contributed by atoms with E-state index in [0.717, 1.165) is 11.1 Å². The molecule has 0 aromatic heterocycles. The molecule has 1 unspecified atom stereocenters. The van der Waals surface area contributed by atoms with E-state index >= 15 is 0 Å². The molecule has 0 heterocycles. The molecule has 20 heavy (non-hydrogen) atoms. The molecule has 0 saturated heterocycles. The summed E-state index contributed by atoms with van der Waals surface area (Å²) in [4.78, 5) is 0. The van der Waals surface area contributed by atoms with E-state index in [0.29, 0.717) is 12.1 Å². The number of rotatable bonds is 5. The van der Waals surface area contributed by atoms with E-state index < -0.39 is 0 Å². The Kier molecular flexibility index (Phi) is 4.99. The lowest BCUT2D eigenvalue weighted by molar-refractivity contribution is 0.580. The van der Waals surface area contributed by atoms with E-state index in [4.69, 9.17) is 5.26 Å². The van der Waals surface area contributed by atoms with Crippen molar-refractivity contribution in [3.05, 3.63) is 71.3 Å². The summed E-state index contributed by atoms with van der Waals surface area (Å²) in [5.74, 6) is 0. The van der Waals surface area contributed by atoms with Crippen LogP contribution in [0, 0.1) is 11.3 Å². The van der Waals surface area contributed by atoms with Crippen molar-refractivity contribution in [2.45, 2.75) is 12.7 Å². The SMILES string of the molecule is CNC(/N=N\Cc1ccccc1)c1cccc(C#N)c1. The fourth-order valence-electron chi connectivity index (χ4n) is 1.86. The highest BCUT2D eigenvalue weighted by atomic mass is 15.2. The number of benzene rings is 2. The second-order valence-electron chi connectivity index (χ2n) is 4.33. The minimum Gasteiger partial charge on any atom is -0.294 e. The Morgan fingerprint density at radius 2 is 1.95 bits per heavy atom. The third-order valence-electron chi connectivity index (χ3n) is 2.90. The molecule has 2 aromatic rings. The fourth-order valence-corrected chi connectivity index (χ4v) is 1.86. The third-order valence-corrected chi connectivity index (χ3v) is 2.90.